The fraction of sp³-hybridized carbons (Fsp3) is 0.846. The maximum Gasteiger partial charge on any atom is 0.246 e. The van der Waals surface area contributed by atoms with E-state index in [9.17, 15) is 9.59 Å². The van der Waals surface area contributed by atoms with Gasteiger partial charge in [-0.2, -0.15) is 0 Å². The average molecular weight is 272 g/mol. The molecular weight excluding hydrogens is 248 g/mol. The van der Waals surface area contributed by atoms with Crippen molar-refractivity contribution in [2.24, 2.45) is 0 Å². The Morgan fingerprint density at radius 3 is 2.47 bits per heavy atom. The number of morpholine rings is 1. The normalized spacial score (nSPS) is 16.3. The highest BCUT2D eigenvalue weighted by Gasteiger charge is 2.17. The van der Waals surface area contributed by atoms with Crippen LogP contribution < -0.4 is 5.32 Å². The Kier molecular flexibility index (Phi) is 6.24. The Bertz CT molecular complexity index is 306. The van der Waals surface area contributed by atoms with Crippen molar-refractivity contribution in [3.05, 3.63) is 0 Å². The van der Waals surface area contributed by atoms with Crippen molar-refractivity contribution in [2.45, 2.75) is 32.8 Å². The van der Waals surface area contributed by atoms with Gasteiger partial charge in [-0.15, -0.1) is 0 Å². The number of hydrogen-bond donors (Lipinski definition) is 1. The van der Waals surface area contributed by atoms with Crippen molar-refractivity contribution < 1.29 is 19.1 Å². The summed E-state index contributed by atoms with van der Waals surface area (Å²) >= 11 is 0. The van der Waals surface area contributed by atoms with E-state index in [0.717, 1.165) is 0 Å². The van der Waals surface area contributed by atoms with Gasteiger partial charge < -0.3 is 19.7 Å². The van der Waals surface area contributed by atoms with Crippen LogP contribution in [0.15, 0.2) is 0 Å². The number of hydrogen-bond acceptors (Lipinski definition) is 4. The first-order valence-corrected chi connectivity index (χ1v) is 6.65. The molecule has 0 saturated carbocycles. The molecule has 6 heteroatoms. The van der Waals surface area contributed by atoms with Gasteiger partial charge >= 0.3 is 0 Å². The minimum Gasteiger partial charge on any atom is -0.378 e. The summed E-state index contributed by atoms with van der Waals surface area (Å²) in [5.41, 5.74) is -0.332. The van der Waals surface area contributed by atoms with Gasteiger partial charge in [0.15, 0.2) is 0 Å². The lowest BCUT2D eigenvalue weighted by Gasteiger charge is -2.26. The van der Waals surface area contributed by atoms with Gasteiger partial charge in [0.1, 0.15) is 6.61 Å². The molecule has 0 aromatic rings. The highest BCUT2D eigenvalue weighted by atomic mass is 16.5. The Hall–Kier alpha value is -1.14. The van der Waals surface area contributed by atoms with E-state index in [1.165, 1.54) is 0 Å². The molecule has 1 rings (SSSR count). The van der Waals surface area contributed by atoms with E-state index in [1.54, 1.807) is 4.90 Å². The summed E-state index contributed by atoms with van der Waals surface area (Å²) in [5.74, 6) is -0.134. The maximum absolute atomic E-state index is 11.8. The van der Waals surface area contributed by atoms with Crippen LogP contribution in [0.5, 0.6) is 0 Å². The predicted molar refractivity (Wildman–Crippen MR) is 70.7 cm³/mol. The van der Waals surface area contributed by atoms with E-state index in [2.05, 4.69) is 5.32 Å². The lowest BCUT2D eigenvalue weighted by atomic mass is 10.2. The molecule has 0 radical (unpaired) electrons. The highest BCUT2D eigenvalue weighted by molar-refractivity contribution is 5.79. The minimum absolute atomic E-state index is 0.0231. The van der Waals surface area contributed by atoms with Crippen LogP contribution in [0.4, 0.5) is 0 Å². The Morgan fingerprint density at radius 2 is 1.89 bits per heavy atom. The van der Waals surface area contributed by atoms with Crippen molar-refractivity contribution in [1.29, 1.82) is 0 Å². The SMILES string of the molecule is CC(C)(C)OCC(=O)NCCC(=O)N1CCOCC1. The summed E-state index contributed by atoms with van der Waals surface area (Å²) in [7, 11) is 0. The van der Waals surface area contributed by atoms with Gasteiger partial charge in [0.2, 0.25) is 11.8 Å². The molecule has 1 aliphatic heterocycles. The first kappa shape index (κ1) is 15.9. The van der Waals surface area contributed by atoms with E-state index < -0.39 is 0 Å². The predicted octanol–water partition coefficient (Wildman–Crippen LogP) is 0.167. The summed E-state index contributed by atoms with van der Waals surface area (Å²) in [4.78, 5) is 25.0. The summed E-state index contributed by atoms with van der Waals surface area (Å²) in [6.45, 7) is 8.51. The minimum atomic E-state index is -0.332. The van der Waals surface area contributed by atoms with E-state index >= 15 is 0 Å². The monoisotopic (exact) mass is 272 g/mol. The van der Waals surface area contributed by atoms with Crippen molar-refractivity contribution in [1.82, 2.24) is 10.2 Å². The Balaban J connectivity index is 2.12. The lowest BCUT2D eigenvalue weighted by molar-refractivity contribution is -0.135. The van der Waals surface area contributed by atoms with Crippen LogP contribution in [0.2, 0.25) is 0 Å². The molecular formula is C13H24N2O4. The summed E-state index contributed by atoms with van der Waals surface area (Å²) in [6.07, 6.45) is 0.321. The van der Waals surface area contributed by atoms with Gasteiger partial charge in [0.25, 0.3) is 0 Å². The average Bonchev–Trinajstić information content (AvgIpc) is 2.36. The standard InChI is InChI=1S/C13H24N2O4/c1-13(2,3)19-10-11(16)14-5-4-12(17)15-6-8-18-9-7-15/h4-10H2,1-3H3,(H,14,16). The van der Waals surface area contributed by atoms with E-state index in [-0.39, 0.29) is 24.0 Å². The molecule has 1 heterocycles. The number of carbonyl (C=O) groups excluding carboxylic acids is 2. The molecule has 0 unspecified atom stereocenters. The second-order valence-electron chi connectivity index (χ2n) is 5.49. The van der Waals surface area contributed by atoms with Gasteiger partial charge in [-0.05, 0) is 20.8 Å². The van der Waals surface area contributed by atoms with Crippen LogP contribution in [0, 0.1) is 0 Å². The number of amides is 2. The molecule has 0 atom stereocenters. The molecule has 0 spiro atoms. The third-order valence-electron chi connectivity index (χ3n) is 2.66. The van der Waals surface area contributed by atoms with Crippen LogP contribution in [0.25, 0.3) is 0 Å². The third kappa shape index (κ3) is 7.12. The Morgan fingerprint density at radius 1 is 1.26 bits per heavy atom. The van der Waals surface area contributed by atoms with Gasteiger partial charge in [-0.1, -0.05) is 0 Å². The van der Waals surface area contributed by atoms with Crippen molar-refractivity contribution >= 4 is 11.8 Å². The molecule has 2 amide bonds. The van der Waals surface area contributed by atoms with Crippen LogP contribution in [-0.4, -0.2) is 61.8 Å². The first-order valence-electron chi connectivity index (χ1n) is 6.65. The van der Waals surface area contributed by atoms with Crippen LogP contribution in [-0.2, 0) is 19.1 Å². The smallest absolute Gasteiger partial charge is 0.246 e. The molecule has 0 aromatic carbocycles. The molecule has 6 nitrogen and oxygen atoms in total. The van der Waals surface area contributed by atoms with Crippen LogP contribution in [0.1, 0.15) is 27.2 Å². The number of rotatable bonds is 5. The van der Waals surface area contributed by atoms with Gasteiger partial charge in [0.05, 0.1) is 18.8 Å². The van der Waals surface area contributed by atoms with Crippen LogP contribution >= 0.6 is 0 Å². The van der Waals surface area contributed by atoms with E-state index in [4.69, 9.17) is 9.47 Å². The van der Waals surface area contributed by atoms with Gasteiger partial charge in [0, 0.05) is 26.1 Å². The molecule has 110 valence electrons. The fourth-order valence-electron chi connectivity index (χ4n) is 1.61. The van der Waals surface area contributed by atoms with Crippen molar-refractivity contribution in [3.63, 3.8) is 0 Å². The lowest BCUT2D eigenvalue weighted by Crippen LogP contribution is -2.42. The number of ether oxygens (including phenoxy) is 2. The Labute approximate surface area is 114 Å². The van der Waals surface area contributed by atoms with Crippen LogP contribution in [0.3, 0.4) is 0 Å². The molecule has 1 fully saturated rings. The highest BCUT2D eigenvalue weighted by Crippen LogP contribution is 2.05. The molecule has 0 aliphatic carbocycles. The molecule has 1 N–H and O–H groups in total. The topological polar surface area (TPSA) is 67.9 Å². The molecule has 0 aromatic heterocycles. The molecule has 19 heavy (non-hydrogen) atoms. The fourth-order valence-corrected chi connectivity index (χ4v) is 1.61. The molecule has 1 aliphatic rings. The first-order chi connectivity index (χ1) is 8.88. The second kappa shape index (κ2) is 7.45. The van der Waals surface area contributed by atoms with Gasteiger partial charge in [-0.25, -0.2) is 0 Å². The van der Waals surface area contributed by atoms with E-state index in [0.29, 0.717) is 39.3 Å². The molecule has 1 saturated heterocycles. The molecule has 0 bridgehead atoms. The zero-order valence-electron chi connectivity index (χ0n) is 12.0. The third-order valence-corrected chi connectivity index (χ3v) is 2.66. The van der Waals surface area contributed by atoms with Gasteiger partial charge in [-0.3, -0.25) is 9.59 Å². The number of nitrogens with one attached hydrogen (secondary N) is 1. The summed E-state index contributed by atoms with van der Waals surface area (Å²) < 4.78 is 10.5. The summed E-state index contributed by atoms with van der Waals surface area (Å²) in [6, 6.07) is 0. The largest absolute Gasteiger partial charge is 0.378 e. The number of carbonyl (C=O) groups is 2. The number of nitrogens with zero attached hydrogens (tertiary/aromatic N) is 1. The quantitative estimate of drug-likeness (QED) is 0.774. The van der Waals surface area contributed by atoms with E-state index in [1.807, 2.05) is 20.8 Å². The van der Waals surface area contributed by atoms with Crippen molar-refractivity contribution in [2.75, 3.05) is 39.5 Å². The summed E-state index contributed by atoms with van der Waals surface area (Å²) in [5, 5.41) is 2.68. The zero-order chi connectivity index (χ0) is 14.3. The zero-order valence-corrected chi connectivity index (χ0v) is 12.0. The maximum atomic E-state index is 11.8. The second-order valence-corrected chi connectivity index (χ2v) is 5.49. The van der Waals surface area contributed by atoms with Crippen molar-refractivity contribution in [3.8, 4) is 0 Å².